The van der Waals surface area contributed by atoms with Crippen LogP contribution in [-0.2, 0) is 6.42 Å². The van der Waals surface area contributed by atoms with E-state index in [2.05, 4.69) is 47.5 Å². The summed E-state index contributed by atoms with van der Waals surface area (Å²) in [7, 11) is 0. The molecule has 1 atom stereocenters. The summed E-state index contributed by atoms with van der Waals surface area (Å²) in [5.41, 5.74) is 0.899. The fourth-order valence-electron chi connectivity index (χ4n) is 2.86. The van der Waals surface area contributed by atoms with Gasteiger partial charge in [-0.05, 0) is 24.9 Å². The minimum atomic E-state index is -0.354. The molecule has 0 aromatic heterocycles. The fraction of sp³-hybridized carbons (Fsp3) is 0.562. The van der Waals surface area contributed by atoms with E-state index in [4.69, 9.17) is 0 Å². The highest BCUT2D eigenvalue weighted by Crippen LogP contribution is 2.25. The van der Waals surface area contributed by atoms with Crippen molar-refractivity contribution >= 4 is 0 Å². The van der Waals surface area contributed by atoms with Crippen LogP contribution in [0.25, 0.3) is 0 Å². The third-order valence-corrected chi connectivity index (χ3v) is 4.08. The van der Waals surface area contributed by atoms with Crippen LogP contribution in [0.1, 0.15) is 25.3 Å². The summed E-state index contributed by atoms with van der Waals surface area (Å²) in [6.07, 6.45) is 2.82. The highest BCUT2D eigenvalue weighted by atomic mass is 15.2. The second-order valence-electron chi connectivity index (χ2n) is 5.25. The van der Waals surface area contributed by atoms with Crippen LogP contribution in [0.3, 0.4) is 0 Å². The molecule has 0 saturated carbocycles. The van der Waals surface area contributed by atoms with E-state index in [1.54, 1.807) is 0 Å². The van der Waals surface area contributed by atoms with Gasteiger partial charge in [0.15, 0.2) is 0 Å². The number of benzene rings is 1. The Morgan fingerprint density at radius 2 is 2.05 bits per heavy atom. The molecule has 0 bridgehead atoms. The molecule has 1 fully saturated rings. The molecule has 0 radical (unpaired) electrons. The van der Waals surface area contributed by atoms with Crippen molar-refractivity contribution in [2.24, 2.45) is 0 Å². The van der Waals surface area contributed by atoms with Crippen LogP contribution < -0.4 is 5.32 Å². The summed E-state index contributed by atoms with van der Waals surface area (Å²) >= 11 is 0. The lowest BCUT2D eigenvalue weighted by molar-refractivity contribution is 0.140. The Morgan fingerprint density at radius 3 is 2.74 bits per heavy atom. The topological polar surface area (TPSA) is 39.1 Å². The zero-order valence-corrected chi connectivity index (χ0v) is 11.7. The van der Waals surface area contributed by atoms with Crippen molar-refractivity contribution in [1.29, 1.82) is 5.26 Å². The van der Waals surface area contributed by atoms with Gasteiger partial charge in [-0.1, -0.05) is 37.3 Å². The Bertz CT molecular complexity index is 415. The highest BCUT2D eigenvalue weighted by molar-refractivity contribution is 5.22. The molecule has 2 rings (SSSR count). The summed E-state index contributed by atoms with van der Waals surface area (Å²) in [5.74, 6) is 0. The normalized spacial score (nSPS) is 20.2. The summed E-state index contributed by atoms with van der Waals surface area (Å²) in [6, 6.07) is 13.0. The molecule has 1 saturated heterocycles. The molecule has 1 heterocycles. The molecule has 0 amide bonds. The van der Waals surface area contributed by atoms with E-state index in [1.807, 2.05) is 6.07 Å². The molecule has 19 heavy (non-hydrogen) atoms. The largest absolute Gasteiger partial charge is 0.315 e. The van der Waals surface area contributed by atoms with E-state index in [0.717, 1.165) is 45.4 Å². The van der Waals surface area contributed by atoms with Gasteiger partial charge in [-0.15, -0.1) is 0 Å². The first-order valence-electron chi connectivity index (χ1n) is 7.22. The maximum absolute atomic E-state index is 9.77. The van der Waals surface area contributed by atoms with Crippen LogP contribution in [0.2, 0.25) is 0 Å². The summed E-state index contributed by atoms with van der Waals surface area (Å²) < 4.78 is 0. The molecule has 3 heteroatoms. The van der Waals surface area contributed by atoms with Crippen molar-refractivity contribution in [3.05, 3.63) is 35.9 Å². The van der Waals surface area contributed by atoms with Crippen molar-refractivity contribution in [2.75, 3.05) is 26.2 Å². The predicted octanol–water partition coefficient (Wildman–Crippen LogP) is 2.20. The number of nitrogens with zero attached hydrogens (tertiary/aromatic N) is 2. The van der Waals surface area contributed by atoms with Crippen LogP contribution in [0.4, 0.5) is 0 Å². The smallest absolute Gasteiger partial charge is 0.113 e. The number of nitriles is 1. The van der Waals surface area contributed by atoms with Gasteiger partial charge in [0.25, 0.3) is 0 Å². The molecule has 0 spiro atoms. The SMILES string of the molecule is CCC(C#N)(Cc1ccccc1)N1CCCNCC1. The summed E-state index contributed by atoms with van der Waals surface area (Å²) in [5, 5.41) is 13.2. The van der Waals surface area contributed by atoms with Crippen LogP contribution in [-0.4, -0.2) is 36.6 Å². The van der Waals surface area contributed by atoms with E-state index < -0.39 is 0 Å². The second-order valence-corrected chi connectivity index (χ2v) is 5.25. The van der Waals surface area contributed by atoms with Crippen LogP contribution in [0, 0.1) is 11.3 Å². The number of hydrogen-bond acceptors (Lipinski definition) is 3. The second kappa shape index (κ2) is 6.70. The van der Waals surface area contributed by atoms with Gasteiger partial charge >= 0.3 is 0 Å². The Morgan fingerprint density at radius 1 is 1.26 bits per heavy atom. The minimum absolute atomic E-state index is 0.354. The lowest BCUT2D eigenvalue weighted by Crippen LogP contribution is -2.50. The quantitative estimate of drug-likeness (QED) is 0.898. The Balaban J connectivity index is 2.19. The van der Waals surface area contributed by atoms with E-state index >= 15 is 0 Å². The maximum Gasteiger partial charge on any atom is 0.113 e. The van der Waals surface area contributed by atoms with E-state index in [1.165, 1.54) is 5.56 Å². The Hall–Kier alpha value is -1.37. The van der Waals surface area contributed by atoms with Crippen LogP contribution in [0.15, 0.2) is 30.3 Å². The van der Waals surface area contributed by atoms with Crippen LogP contribution in [0.5, 0.6) is 0 Å². The number of rotatable bonds is 4. The third kappa shape index (κ3) is 3.34. The molecule has 0 aliphatic carbocycles. The minimum Gasteiger partial charge on any atom is -0.315 e. The van der Waals surface area contributed by atoms with Gasteiger partial charge in [0, 0.05) is 26.1 Å². The zero-order chi connectivity index (χ0) is 13.6. The lowest BCUT2D eigenvalue weighted by Gasteiger charge is -2.37. The molecule has 1 aliphatic heterocycles. The predicted molar refractivity (Wildman–Crippen MR) is 77.8 cm³/mol. The van der Waals surface area contributed by atoms with Gasteiger partial charge in [0.05, 0.1) is 6.07 Å². The van der Waals surface area contributed by atoms with Crippen molar-refractivity contribution in [3.8, 4) is 6.07 Å². The molecule has 1 N–H and O–H groups in total. The number of nitrogens with one attached hydrogen (secondary N) is 1. The van der Waals surface area contributed by atoms with Crippen molar-refractivity contribution in [2.45, 2.75) is 31.7 Å². The van der Waals surface area contributed by atoms with Crippen LogP contribution >= 0.6 is 0 Å². The highest BCUT2D eigenvalue weighted by Gasteiger charge is 2.35. The van der Waals surface area contributed by atoms with Gasteiger partial charge in [0.2, 0.25) is 0 Å². The number of hydrogen-bond donors (Lipinski definition) is 1. The van der Waals surface area contributed by atoms with Gasteiger partial charge in [-0.25, -0.2) is 0 Å². The molecule has 1 aromatic rings. The molecular weight excluding hydrogens is 234 g/mol. The zero-order valence-electron chi connectivity index (χ0n) is 11.7. The molecular formula is C16H23N3. The van der Waals surface area contributed by atoms with Crippen molar-refractivity contribution in [3.63, 3.8) is 0 Å². The van der Waals surface area contributed by atoms with Crippen molar-refractivity contribution in [1.82, 2.24) is 10.2 Å². The first kappa shape index (κ1) is 14.0. The average Bonchev–Trinajstić information content (AvgIpc) is 2.75. The van der Waals surface area contributed by atoms with Crippen molar-refractivity contribution < 1.29 is 0 Å². The molecule has 1 aliphatic rings. The molecule has 102 valence electrons. The van der Waals surface area contributed by atoms with E-state index in [9.17, 15) is 5.26 Å². The molecule has 1 aromatic carbocycles. The van der Waals surface area contributed by atoms with Gasteiger partial charge in [-0.2, -0.15) is 5.26 Å². The fourth-order valence-corrected chi connectivity index (χ4v) is 2.86. The average molecular weight is 257 g/mol. The monoisotopic (exact) mass is 257 g/mol. The standard InChI is InChI=1S/C16H23N3/c1-2-16(14-17,13-15-7-4-3-5-8-15)19-11-6-9-18-10-12-19/h3-5,7-8,18H,2,6,9-13H2,1H3. The third-order valence-electron chi connectivity index (χ3n) is 4.08. The van der Waals surface area contributed by atoms with Gasteiger partial charge in [0.1, 0.15) is 5.54 Å². The molecule has 1 unspecified atom stereocenters. The Kier molecular flexibility index (Phi) is 4.95. The molecule has 3 nitrogen and oxygen atoms in total. The summed E-state index contributed by atoms with van der Waals surface area (Å²) in [4.78, 5) is 2.38. The first-order chi connectivity index (χ1) is 9.30. The lowest BCUT2D eigenvalue weighted by atomic mass is 9.87. The van der Waals surface area contributed by atoms with Gasteiger partial charge in [-0.3, -0.25) is 4.90 Å². The first-order valence-corrected chi connectivity index (χ1v) is 7.22. The van der Waals surface area contributed by atoms with E-state index in [-0.39, 0.29) is 5.54 Å². The van der Waals surface area contributed by atoms with Gasteiger partial charge < -0.3 is 5.32 Å². The maximum atomic E-state index is 9.77. The Labute approximate surface area is 116 Å². The summed E-state index contributed by atoms with van der Waals surface area (Å²) in [6.45, 7) is 6.16. The van der Waals surface area contributed by atoms with E-state index in [0.29, 0.717) is 0 Å².